The lowest BCUT2D eigenvalue weighted by atomic mass is 10.1. The van der Waals surface area contributed by atoms with Gasteiger partial charge >= 0.3 is 5.97 Å². The normalized spacial score (nSPS) is 15.3. The molecule has 0 amide bonds. The average Bonchev–Trinajstić information content (AvgIpc) is 3.33. The number of hydrogen-bond donors (Lipinski definition) is 2. The number of ether oxygens (including phenoxy) is 1. The molecule has 0 bridgehead atoms. The fourth-order valence-electron chi connectivity index (χ4n) is 4.54. The summed E-state index contributed by atoms with van der Waals surface area (Å²) in [6, 6.07) is 10.1. The van der Waals surface area contributed by atoms with Crippen LogP contribution in [-0.2, 0) is 0 Å². The van der Waals surface area contributed by atoms with E-state index in [4.69, 9.17) is 27.9 Å². The van der Waals surface area contributed by atoms with Crippen LogP contribution in [0.1, 0.15) is 23.2 Å². The molecule has 0 spiro atoms. The zero-order valence-electron chi connectivity index (χ0n) is 19.2. The number of carbonyl (C=O) groups is 1. The van der Waals surface area contributed by atoms with Gasteiger partial charge in [0.2, 0.25) is 11.3 Å². The van der Waals surface area contributed by atoms with Gasteiger partial charge in [0.25, 0.3) is 0 Å². The molecule has 1 fully saturated rings. The first-order valence-electron chi connectivity index (χ1n) is 11.4. The molecule has 2 N–H and O–H groups in total. The van der Waals surface area contributed by atoms with E-state index in [0.29, 0.717) is 35.3 Å². The largest absolute Gasteiger partial charge is 0.505 e. The first-order valence-corrected chi connectivity index (χ1v) is 12.1. The van der Waals surface area contributed by atoms with Crippen molar-refractivity contribution >= 4 is 45.8 Å². The number of phenolic OH excluding ortho intramolecular Hbond substituents is 1. The van der Waals surface area contributed by atoms with E-state index in [-0.39, 0.29) is 22.1 Å². The molecule has 8 nitrogen and oxygen atoms in total. The van der Waals surface area contributed by atoms with Crippen LogP contribution in [0.25, 0.3) is 16.6 Å². The van der Waals surface area contributed by atoms with Crippen molar-refractivity contribution in [1.29, 1.82) is 0 Å². The average molecular weight is 544 g/mol. The molecule has 1 atom stereocenters. The Morgan fingerprint density at radius 3 is 2.73 bits per heavy atom. The highest BCUT2D eigenvalue weighted by molar-refractivity contribution is 6.34. The van der Waals surface area contributed by atoms with Crippen molar-refractivity contribution in [3.05, 3.63) is 86.5 Å². The number of fused-ring (bicyclic) bond motifs is 1. The fourth-order valence-corrected chi connectivity index (χ4v) is 4.99. The van der Waals surface area contributed by atoms with Gasteiger partial charge in [-0.2, -0.15) is 0 Å². The predicted molar refractivity (Wildman–Crippen MR) is 138 cm³/mol. The molecule has 1 aliphatic heterocycles. The Hall–Kier alpha value is -3.82. The third-order valence-electron chi connectivity index (χ3n) is 6.34. The predicted octanol–water partition coefficient (Wildman–Crippen LogP) is 5.28. The van der Waals surface area contributed by atoms with E-state index >= 15 is 0 Å². The van der Waals surface area contributed by atoms with Gasteiger partial charge in [0.15, 0.2) is 11.6 Å². The molecular weight excluding hydrogens is 524 g/mol. The van der Waals surface area contributed by atoms with Gasteiger partial charge in [-0.3, -0.25) is 4.79 Å². The number of halogens is 3. The number of rotatable bonds is 6. The van der Waals surface area contributed by atoms with Crippen molar-refractivity contribution in [2.24, 2.45) is 0 Å². The third-order valence-corrected chi connectivity index (χ3v) is 6.93. The Morgan fingerprint density at radius 1 is 1.19 bits per heavy atom. The van der Waals surface area contributed by atoms with E-state index in [9.17, 15) is 24.2 Å². The monoisotopic (exact) mass is 543 g/mol. The summed E-state index contributed by atoms with van der Waals surface area (Å²) in [6.07, 6.45) is 4.41. The van der Waals surface area contributed by atoms with Crippen molar-refractivity contribution in [2.45, 2.75) is 18.9 Å². The number of phenols is 1. The van der Waals surface area contributed by atoms with Gasteiger partial charge in [-0.15, -0.1) is 0 Å². The molecule has 3 heterocycles. The van der Waals surface area contributed by atoms with E-state index in [1.807, 2.05) is 0 Å². The van der Waals surface area contributed by atoms with Crippen LogP contribution in [0.5, 0.6) is 11.6 Å². The van der Waals surface area contributed by atoms with Crippen molar-refractivity contribution in [3.63, 3.8) is 0 Å². The van der Waals surface area contributed by atoms with Crippen molar-refractivity contribution in [1.82, 2.24) is 9.55 Å². The minimum absolute atomic E-state index is 0.0643. The summed E-state index contributed by atoms with van der Waals surface area (Å²) >= 11 is 12.8. The van der Waals surface area contributed by atoms with Crippen molar-refractivity contribution < 1.29 is 24.1 Å². The van der Waals surface area contributed by atoms with Gasteiger partial charge < -0.3 is 24.4 Å². The Labute approximate surface area is 220 Å². The SMILES string of the molecule is O=C(O)c1cn(-c2ccc(O)c(F)c2)c2cc(N3CCC[C@@H]3COc3ncccc3Cl)c(Cl)cc2c1=O. The molecule has 190 valence electrons. The number of carboxylic acid groups (broad SMARTS) is 1. The van der Waals surface area contributed by atoms with Crippen LogP contribution in [0, 0.1) is 5.82 Å². The first-order chi connectivity index (χ1) is 17.7. The van der Waals surface area contributed by atoms with E-state index in [2.05, 4.69) is 9.88 Å². The van der Waals surface area contributed by atoms with Crippen molar-refractivity contribution in [3.8, 4) is 17.3 Å². The molecular formula is C26H20Cl2FN3O5. The lowest BCUT2D eigenvalue weighted by Gasteiger charge is -2.28. The lowest BCUT2D eigenvalue weighted by Crippen LogP contribution is -2.34. The van der Waals surface area contributed by atoms with E-state index < -0.39 is 28.5 Å². The number of aromatic nitrogens is 2. The number of pyridine rings is 2. The number of benzene rings is 2. The van der Waals surface area contributed by atoms with Crippen LogP contribution in [-0.4, -0.2) is 44.9 Å². The van der Waals surface area contributed by atoms with Crippen LogP contribution in [0.4, 0.5) is 10.1 Å². The highest BCUT2D eigenvalue weighted by Gasteiger charge is 2.28. The molecule has 2 aromatic carbocycles. The fraction of sp³-hybridized carbons (Fsp3) is 0.192. The maximum Gasteiger partial charge on any atom is 0.341 e. The Morgan fingerprint density at radius 2 is 2.00 bits per heavy atom. The molecule has 0 saturated carbocycles. The zero-order chi connectivity index (χ0) is 26.3. The second-order valence-corrected chi connectivity index (χ2v) is 9.41. The summed E-state index contributed by atoms with van der Waals surface area (Å²) in [6.45, 7) is 0.958. The van der Waals surface area contributed by atoms with E-state index in [0.717, 1.165) is 31.2 Å². The molecule has 0 radical (unpaired) electrons. The molecule has 37 heavy (non-hydrogen) atoms. The number of hydrogen-bond acceptors (Lipinski definition) is 6. The van der Waals surface area contributed by atoms with Gasteiger partial charge in [-0.05, 0) is 49.2 Å². The van der Waals surface area contributed by atoms with Crippen LogP contribution in [0.3, 0.4) is 0 Å². The van der Waals surface area contributed by atoms with Gasteiger partial charge in [-0.25, -0.2) is 14.2 Å². The smallest absolute Gasteiger partial charge is 0.341 e. The van der Waals surface area contributed by atoms with E-state index in [1.165, 1.54) is 16.7 Å². The number of aromatic hydroxyl groups is 1. The highest BCUT2D eigenvalue weighted by Crippen LogP contribution is 2.36. The molecule has 1 aliphatic rings. The number of aromatic carboxylic acids is 1. The zero-order valence-corrected chi connectivity index (χ0v) is 20.7. The van der Waals surface area contributed by atoms with Gasteiger partial charge in [0.1, 0.15) is 17.2 Å². The van der Waals surface area contributed by atoms with Crippen molar-refractivity contribution in [2.75, 3.05) is 18.1 Å². The second-order valence-electron chi connectivity index (χ2n) is 8.59. The summed E-state index contributed by atoms with van der Waals surface area (Å²) in [5.74, 6) is -2.54. The highest BCUT2D eigenvalue weighted by atomic mass is 35.5. The van der Waals surface area contributed by atoms with Crippen LogP contribution in [0.2, 0.25) is 10.0 Å². The number of carboxylic acids is 1. The molecule has 0 aliphatic carbocycles. The van der Waals surface area contributed by atoms with Gasteiger partial charge in [0, 0.05) is 36.1 Å². The minimum Gasteiger partial charge on any atom is -0.505 e. The van der Waals surface area contributed by atoms with Crippen LogP contribution < -0.4 is 15.1 Å². The topological polar surface area (TPSA) is 105 Å². The van der Waals surface area contributed by atoms with E-state index in [1.54, 1.807) is 24.4 Å². The Kier molecular flexibility index (Phi) is 6.66. The summed E-state index contributed by atoms with van der Waals surface area (Å²) in [4.78, 5) is 31.0. The Bertz CT molecular complexity index is 1590. The van der Waals surface area contributed by atoms with Gasteiger partial charge in [0.05, 0.1) is 22.3 Å². The maximum atomic E-state index is 14.2. The first kappa shape index (κ1) is 24.9. The summed E-state index contributed by atoms with van der Waals surface area (Å²) in [5, 5.41) is 19.9. The maximum absolute atomic E-state index is 14.2. The summed E-state index contributed by atoms with van der Waals surface area (Å²) < 4.78 is 21.5. The minimum atomic E-state index is -1.43. The summed E-state index contributed by atoms with van der Waals surface area (Å²) in [7, 11) is 0. The third kappa shape index (κ3) is 4.68. The molecule has 11 heteroatoms. The van der Waals surface area contributed by atoms with Crippen LogP contribution in [0.15, 0.2) is 59.7 Å². The number of nitrogens with zero attached hydrogens (tertiary/aromatic N) is 3. The molecule has 4 aromatic rings. The van der Waals surface area contributed by atoms with Gasteiger partial charge in [-0.1, -0.05) is 23.2 Å². The molecule has 1 saturated heterocycles. The standard InChI is InChI=1S/C26H20Cl2FN3O5/c27-18-4-1-7-30-25(18)37-13-15-3-2-8-31(15)22-11-21-16(10-19(22)28)24(34)17(26(35)36)12-32(21)14-5-6-23(33)20(29)9-14/h1,4-7,9-12,15,33H,2-3,8,13H2,(H,35,36)/t15-/m1/s1. The quantitative estimate of drug-likeness (QED) is 0.340. The molecule has 2 aromatic heterocycles. The molecule has 0 unspecified atom stereocenters. The Balaban J connectivity index is 1.61. The second kappa shape index (κ2) is 9.91. The lowest BCUT2D eigenvalue weighted by molar-refractivity contribution is 0.0695. The summed E-state index contributed by atoms with van der Waals surface area (Å²) in [5.41, 5.74) is -0.0362. The van der Waals surface area contributed by atoms with Crippen LogP contribution >= 0.6 is 23.2 Å². The molecule has 5 rings (SSSR count). The number of anilines is 1.